The maximum atomic E-state index is 13.1. The molecule has 0 radical (unpaired) electrons. The zero-order valence-electron chi connectivity index (χ0n) is 23.4. The molecule has 8 N–H and O–H groups in total. The van der Waals surface area contributed by atoms with E-state index >= 15 is 0 Å². The van der Waals surface area contributed by atoms with E-state index < -0.39 is 81.4 Å². The average Bonchev–Trinajstić information content (AvgIpc) is 3.62. The monoisotopic (exact) mass is 645 g/mol. The van der Waals surface area contributed by atoms with Crippen LogP contribution in [0, 0.1) is 0 Å². The van der Waals surface area contributed by atoms with Gasteiger partial charge in [0.1, 0.15) is 43.0 Å². The van der Waals surface area contributed by atoms with Gasteiger partial charge in [0.05, 0.1) is 19.5 Å². The second-order valence-electron chi connectivity index (χ2n) is 9.66. The van der Waals surface area contributed by atoms with E-state index in [0.717, 1.165) is 10.9 Å². The summed E-state index contributed by atoms with van der Waals surface area (Å²) in [6.07, 6.45) is -7.49. The zero-order chi connectivity index (χ0) is 31.8. The van der Waals surface area contributed by atoms with Gasteiger partial charge in [0, 0.05) is 13.2 Å². The summed E-state index contributed by atoms with van der Waals surface area (Å²) < 4.78 is 49.0. The molecule has 0 aliphatic carbocycles. The highest BCUT2D eigenvalue weighted by Crippen LogP contribution is 2.49. The third-order valence-electron chi connectivity index (χ3n) is 6.90. The molecule has 0 amide bonds. The predicted octanol–water partition coefficient (Wildman–Crippen LogP) is -2.60. The standard InChI is InChI=1S/C22H32N9O12P/c1-3-38-14-12(33)10(42-18(14)30-7-25-11-16(30)27-21(24)28-17(11)34)6-40-44(36,37)43-13-9(5-32)41-19(15(13)39-4-2)31-8-26-20(23)29-22(31)35/h7-10,12-15,18-19,32-33H,3-6H2,1-2H3,(H,36,37)(H2,23,29,35)(H3,24,27,28,34)/t9-,10-,12?,13?,14?,15?,18-,19-/m1/s1. The highest BCUT2D eigenvalue weighted by molar-refractivity contribution is 7.47. The van der Waals surface area contributed by atoms with Gasteiger partial charge in [-0.3, -0.25) is 28.0 Å². The number of H-pyrrole nitrogens is 1. The molecule has 9 atom stereocenters. The number of anilines is 2. The molecule has 2 saturated heterocycles. The number of aromatic amines is 1. The van der Waals surface area contributed by atoms with E-state index in [-0.39, 0.29) is 36.3 Å². The van der Waals surface area contributed by atoms with Crippen LogP contribution < -0.4 is 22.7 Å². The van der Waals surface area contributed by atoms with Gasteiger partial charge in [0.2, 0.25) is 11.9 Å². The van der Waals surface area contributed by atoms with Crippen molar-refractivity contribution >= 4 is 30.9 Å². The highest BCUT2D eigenvalue weighted by atomic mass is 31.2. The normalized spacial score (nSPS) is 30.2. The van der Waals surface area contributed by atoms with Crippen molar-refractivity contribution in [2.75, 3.05) is 37.9 Å². The van der Waals surface area contributed by atoms with E-state index in [0.29, 0.717) is 0 Å². The number of nitrogen functional groups attached to an aromatic ring is 2. The molecule has 0 bridgehead atoms. The van der Waals surface area contributed by atoms with Crippen LogP contribution in [0.5, 0.6) is 0 Å². The van der Waals surface area contributed by atoms with E-state index in [2.05, 4.69) is 24.9 Å². The molecular weight excluding hydrogens is 613 g/mol. The Kier molecular flexibility index (Phi) is 9.41. The van der Waals surface area contributed by atoms with E-state index in [1.54, 1.807) is 13.8 Å². The summed E-state index contributed by atoms with van der Waals surface area (Å²) in [5, 5.41) is 20.9. The Balaban J connectivity index is 1.32. The van der Waals surface area contributed by atoms with Crippen molar-refractivity contribution < 1.29 is 47.7 Å². The van der Waals surface area contributed by atoms with Crippen LogP contribution >= 0.6 is 7.82 Å². The van der Waals surface area contributed by atoms with Gasteiger partial charge < -0.3 is 45.5 Å². The summed E-state index contributed by atoms with van der Waals surface area (Å²) in [6, 6.07) is 0. The fourth-order valence-corrected chi connectivity index (χ4v) is 6.00. The summed E-state index contributed by atoms with van der Waals surface area (Å²) in [6.45, 7) is 2.20. The fraction of sp³-hybridized carbons (Fsp3) is 0.636. The molecule has 44 heavy (non-hydrogen) atoms. The number of rotatable bonds is 12. The van der Waals surface area contributed by atoms with Crippen molar-refractivity contribution in [3.63, 3.8) is 0 Å². The van der Waals surface area contributed by atoms with Gasteiger partial charge in [-0.2, -0.15) is 9.97 Å². The van der Waals surface area contributed by atoms with Crippen LogP contribution in [-0.2, 0) is 32.6 Å². The molecule has 2 aliphatic heterocycles. The molecule has 21 nitrogen and oxygen atoms in total. The maximum Gasteiger partial charge on any atom is 0.472 e. The fourth-order valence-electron chi connectivity index (χ4n) is 5.04. The Morgan fingerprint density at radius 2 is 1.66 bits per heavy atom. The maximum absolute atomic E-state index is 13.1. The van der Waals surface area contributed by atoms with Crippen molar-refractivity contribution in [1.82, 2.24) is 34.1 Å². The molecule has 242 valence electrons. The Morgan fingerprint density at radius 3 is 2.34 bits per heavy atom. The van der Waals surface area contributed by atoms with Gasteiger partial charge in [-0.1, -0.05) is 0 Å². The number of ether oxygens (including phenoxy) is 4. The van der Waals surface area contributed by atoms with Gasteiger partial charge in [-0.05, 0) is 13.8 Å². The van der Waals surface area contributed by atoms with E-state index in [4.69, 9.17) is 39.5 Å². The minimum absolute atomic E-state index is 0.0346. The first-order valence-corrected chi connectivity index (χ1v) is 14.9. The molecule has 5 heterocycles. The lowest BCUT2D eigenvalue weighted by molar-refractivity contribution is -0.0732. The van der Waals surface area contributed by atoms with Gasteiger partial charge in [-0.15, -0.1) is 0 Å². The summed E-state index contributed by atoms with van der Waals surface area (Å²) in [5.74, 6) is -0.454. The van der Waals surface area contributed by atoms with E-state index in [1.165, 1.54) is 10.9 Å². The van der Waals surface area contributed by atoms with Crippen LogP contribution in [0.1, 0.15) is 26.3 Å². The first kappa shape index (κ1) is 32.0. The number of phosphoric ester groups is 1. The molecule has 3 aromatic heterocycles. The summed E-state index contributed by atoms with van der Waals surface area (Å²) in [7, 11) is -4.97. The topological polar surface area (TPSA) is 297 Å². The molecule has 5 rings (SSSR count). The smallest absolute Gasteiger partial charge is 0.394 e. The minimum atomic E-state index is -4.97. The number of aliphatic hydroxyl groups is 2. The molecule has 2 aliphatic rings. The number of fused-ring (bicyclic) bond motifs is 1. The lowest BCUT2D eigenvalue weighted by atomic mass is 10.1. The van der Waals surface area contributed by atoms with Crippen molar-refractivity contribution in [1.29, 1.82) is 0 Å². The van der Waals surface area contributed by atoms with Crippen LogP contribution in [0.2, 0.25) is 0 Å². The number of nitrogens with zero attached hydrogens (tertiary/aromatic N) is 6. The van der Waals surface area contributed by atoms with Crippen LogP contribution in [0.15, 0.2) is 22.2 Å². The Labute approximate surface area is 247 Å². The Morgan fingerprint density at radius 1 is 1.00 bits per heavy atom. The SMILES string of the molecule is CCOC1C(OP(=O)(O)OC[C@H]2O[C@@H](n3cnc4c(=O)[nH]c(N)nc43)C(OCC)C2O)[C@@H](CO)O[C@H]1n1cnc(N)nc1=O. The summed E-state index contributed by atoms with van der Waals surface area (Å²) >= 11 is 0. The van der Waals surface area contributed by atoms with Gasteiger partial charge in [0.25, 0.3) is 5.56 Å². The van der Waals surface area contributed by atoms with Crippen molar-refractivity contribution in [2.45, 2.75) is 62.9 Å². The Hall–Kier alpha value is -3.37. The van der Waals surface area contributed by atoms with Crippen molar-refractivity contribution in [3.05, 3.63) is 33.5 Å². The first-order chi connectivity index (χ1) is 21.0. The quantitative estimate of drug-likeness (QED) is 0.110. The van der Waals surface area contributed by atoms with Crippen LogP contribution in [0.25, 0.3) is 11.2 Å². The number of nitrogens with two attached hydrogens (primary N) is 2. The number of phosphoric acid groups is 1. The second-order valence-corrected chi connectivity index (χ2v) is 11.1. The third-order valence-corrected chi connectivity index (χ3v) is 7.88. The largest absolute Gasteiger partial charge is 0.472 e. The lowest BCUT2D eigenvalue weighted by Crippen LogP contribution is -2.40. The number of imidazole rings is 1. The van der Waals surface area contributed by atoms with Crippen LogP contribution in [-0.4, -0.2) is 112 Å². The molecular formula is C22H32N9O12P. The number of aromatic nitrogens is 7. The van der Waals surface area contributed by atoms with Gasteiger partial charge in [-0.25, -0.2) is 19.3 Å². The molecule has 2 fully saturated rings. The van der Waals surface area contributed by atoms with Crippen molar-refractivity contribution in [3.8, 4) is 0 Å². The molecule has 5 unspecified atom stereocenters. The van der Waals surface area contributed by atoms with Crippen LogP contribution in [0.3, 0.4) is 0 Å². The van der Waals surface area contributed by atoms with E-state index in [1.807, 2.05) is 0 Å². The highest BCUT2D eigenvalue weighted by Gasteiger charge is 2.51. The minimum Gasteiger partial charge on any atom is -0.394 e. The lowest BCUT2D eigenvalue weighted by Gasteiger charge is -2.26. The average molecular weight is 646 g/mol. The van der Waals surface area contributed by atoms with Crippen molar-refractivity contribution in [2.24, 2.45) is 0 Å². The zero-order valence-corrected chi connectivity index (χ0v) is 24.3. The number of nitrogens with one attached hydrogen (secondary N) is 1. The Bertz CT molecular complexity index is 1630. The number of aliphatic hydroxyl groups excluding tert-OH is 2. The summed E-state index contributed by atoms with van der Waals surface area (Å²) in [5.41, 5.74) is 9.73. The van der Waals surface area contributed by atoms with Gasteiger partial charge >= 0.3 is 13.5 Å². The molecule has 0 aromatic carbocycles. The number of hydrogen-bond acceptors (Lipinski definition) is 17. The second kappa shape index (κ2) is 12.9. The van der Waals surface area contributed by atoms with Crippen LogP contribution in [0.4, 0.5) is 11.9 Å². The molecule has 22 heteroatoms. The predicted molar refractivity (Wildman–Crippen MR) is 146 cm³/mol. The van der Waals surface area contributed by atoms with E-state index in [9.17, 15) is 29.3 Å². The third kappa shape index (κ3) is 6.24. The molecule has 0 spiro atoms. The summed E-state index contributed by atoms with van der Waals surface area (Å²) in [4.78, 5) is 53.1. The number of hydrogen-bond donors (Lipinski definition) is 6. The first-order valence-electron chi connectivity index (χ1n) is 13.4. The molecule has 3 aromatic rings. The molecule has 0 saturated carbocycles. The van der Waals surface area contributed by atoms with Gasteiger partial charge in [0.15, 0.2) is 23.6 Å².